The van der Waals surface area contributed by atoms with Crippen LogP contribution in [-0.4, -0.2) is 54.3 Å². The van der Waals surface area contributed by atoms with Crippen LogP contribution in [0, 0.1) is 5.92 Å². The van der Waals surface area contributed by atoms with E-state index in [1.54, 1.807) is 0 Å². The molecular formula is C22H33N3O2. The van der Waals surface area contributed by atoms with E-state index in [0.29, 0.717) is 0 Å². The molecule has 1 unspecified atom stereocenters. The minimum Gasteiger partial charge on any atom is -0.356 e. The van der Waals surface area contributed by atoms with E-state index in [4.69, 9.17) is 0 Å². The Kier molecular flexibility index (Phi) is 7.27. The summed E-state index contributed by atoms with van der Waals surface area (Å²) in [5.41, 5.74) is 1.07. The lowest BCUT2D eigenvalue weighted by atomic mass is 9.92. The van der Waals surface area contributed by atoms with Crippen LogP contribution in [0.3, 0.4) is 0 Å². The van der Waals surface area contributed by atoms with Crippen molar-refractivity contribution in [3.8, 4) is 0 Å². The molecule has 0 radical (unpaired) electrons. The zero-order valence-electron chi connectivity index (χ0n) is 16.5. The Hall–Kier alpha value is -1.88. The summed E-state index contributed by atoms with van der Waals surface area (Å²) in [6, 6.07) is 9.92. The minimum atomic E-state index is -0.219. The number of nitrogens with zero attached hydrogens (tertiary/aromatic N) is 2. The molecule has 1 atom stereocenters. The van der Waals surface area contributed by atoms with Crippen molar-refractivity contribution >= 4 is 11.8 Å². The van der Waals surface area contributed by atoms with Gasteiger partial charge in [-0.1, -0.05) is 37.3 Å². The summed E-state index contributed by atoms with van der Waals surface area (Å²) in [6.07, 6.45) is 6.04. The number of rotatable bonds is 6. The van der Waals surface area contributed by atoms with Gasteiger partial charge in [0.2, 0.25) is 11.8 Å². The molecule has 1 N–H and O–H groups in total. The highest BCUT2D eigenvalue weighted by Gasteiger charge is 2.35. The minimum absolute atomic E-state index is 0.0781. The van der Waals surface area contributed by atoms with Gasteiger partial charge in [0.05, 0.1) is 0 Å². The fourth-order valence-corrected chi connectivity index (χ4v) is 4.24. The SMILES string of the molecule is CCCNC(=O)C1CCN(C(C(=O)N2CCCCC2)c2ccccc2)CC1. The van der Waals surface area contributed by atoms with E-state index in [-0.39, 0.29) is 23.8 Å². The van der Waals surface area contributed by atoms with Gasteiger partial charge in [-0.25, -0.2) is 0 Å². The third kappa shape index (κ3) is 5.10. The van der Waals surface area contributed by atoms with E-state index in [0.717, 1.165) is 70.4 Å². The van der Waals surface area contributed by atoms with Crippen molar-refractivity contribution in [3.63, 3.8) is 0 Å². The first-order valence-electron chi connectivity index (χ1n) is 10.6. The molecule has 0 bridgehead atoms. The summed E-state index contributed by atoms with van der Waals surface area (Å²) in [4.78, 5) is 30.0. The molecular weight excluding hydrogens is 338 g/mol. The summed E-state index contributed by atoms with van der Waals surface area (Å²) in [7, 11) is 0. The number of carbonyl (C=O) groups excluding carboxylic acids is 2. The van der Waals surface area contributed by atoms with Crippen LogP contribution < -0.4 is 5.32 Å². The maximum atomic E-state index is 13.4. The molecule has 0 saturated carbocycles. The first-order chi connectivity index (χ1) is 13.2. The summed E-state index contributed by atoms with van der Waals surface area (Å²) in [5.74, 6) is 0.485. The van der Waals surface area contributed by atoms with Crippen LogP contribution in [-0.2, 0) is 9.59 Å². The van der Waals surface area contributed by atoms with Crippen LogP contribution in [0.5, 0.6) is 0 Å². The Morgan fingerprint density at radius 3 is 2.33 bits per heavy atom. The number of likely N-dealkylation sites (tertiary alicyclic amines) is 2. The third-order valence-corrected chi connectivity index (χ3v) is 5.83. The summed E-state index contributed by atoms with van der Waals surface area (Å²) < 4.78 is 0. The number of piperidine rings is 2. The molecule has 0 spiro atoms. The molecule has 5 heteroatoms. The zero-order chi connectivity index (χ0) is 19.1. The van der Waals surface area contributed by atoms with Gasteiger partial charge in [-0.05, 0) is 57.2 Å². The second-order valence-electron chi connectivity index (χ2n) is 7.80. The quantitative estimate of drug-likeness (QED) is 0.836. The Bertz CT molecular complexity index is 605. The van der Waals surface area contributed by atoms with Gasteiger partial charge in [0.15, 0.2) is 0 Å². The van der Waals surface area contributed by atoms with E-state index >= 15 is 0 Å². The molecule has 2 fully saturated rings. The highest BCUT2D eigenvalue weighted by Crippen LogP contribution is 2.29. The molecule has 2 aliphatic heterocycles. The predicted octanol–water partition coefficient (Wildman–Crippen LogP) is 2.98. The molecule has 3 rings (SSSR count). The highest BCUT2D eigenvalue weighted by atomic mass is 16.2. The van der Waals surface area contributed by atoms with E-state index in [2.05, 4.69) is 29.3 Å². The molecule has 0 aromatic heterocycles. The van der Waals surface area contributed by atoms with E-state index < -0.39 is 0 Å². The predicted molar refractivity (Wildman–Crippen MR) is 107 cm³/mol. The number of hydrogen-bond acceptors (Lipinski definition) is 3. The maximum Gasteiger partial charge on any atom is 0.244 e. The summed E-state index contributed by atoms with van der Waals surface area (Å²) in [5, 5.41) is 3.02. The van der Waals surface area contributed by atoms with Crippen molar-refractivity contribution in [1.29, 1.82) is 0 Å². The van der Waals surface area contributed by atoms with Crippen LogP contribution in [0.15, 0.2) is 30.3 Å². The lowest BCUT2D eigenvalue weighted by Gasteiger charge is -2.39. The van der Waals surface area contributed by atoms with Gasteiger partial charge < -0.3 is 10.2 Å². The molecule has 5 nitrogen and oxygen atoms in total. The molecule has 2 heterocycles. The molecule has 2 aliphatic rings. The van der Waals surface area contributed by atoms with E-state index in [9.17, 15) is 9.59 Å². The second kappa shape index (κ2) is 9.88. The van der Waals surface area contributed by atoms with Gasteiger partial charge in [-0.3, -0.25) is 14.5 Å². The Morgan fingerprint density at radius 1 is 1.04 bits per heavy atom. The summed E-state index contributed by atoms with van der Waals surface area (Å²) in [6.45, 7) is 6.15. The maximum absolute atomic E-state index is 13.4. The molecule has 0 aliphatic carbocycles. The van der Waals surface area contributed by atoms with Gasteiger partial charge in [0.25, 0.3) is 0 Å². The Morgan fingerprint density at radius 2 is 1.70 bits per heavy atom. The topological polar surface area (TPSA) is 52.7 Å². The fourth-order valence-electron chi connectivity index (χ4n) is 4.24. The van der Waals surface area contributed by atoms with Crippen molar-refractivity contribution in [2.75, 3.05) is 32.7 Å². The summed E-state index contributed by atoms with van der Waals surface area (Å²) >= 11 is 0. The highest BCUT2D eigenvalue weighted by molar-refractivity contribution is 5.83. The first-order valence-corrected chi connectivity index (χ1v) is 10.6. The van der Waals surface area contributed by atoms with Crippen LogP contribution in [0.2, 0.25) is 0 Å². The zero-order valence-corrected chi connectivity index (χ0v) is 16.5. The molecule has 148 valence electrons. The normalized spacial score (nSPS) is 20.3. The van der Waals surface area contributed by atoms with Gasteiger partial charge in [0, 0.05) is 25.6 Å². The molecule has 1 aromatic carbocycles. The van der Waals surface area contributed by atoms with Crippen LogP contribution in [0.4, 0.5) is 0 Å². The van der Waals surface area contributed by atoms with Gasteiger partial charge in [-0.2, -0.15) is 0 Å². The van der Waals surface area contributed by atoms with Gasteiger partial charge in [-0.15, -0.1) is 0 Å². The van der Waals surface area contributed by atoms with E-state index in [1.165, 1.54) is 6.42 Å². The Labute approximate surface area is 163 Å². The average molecular weight is 372 g/mol. The van der Waals surface area contributed by atoms with Crippen molar-refractivity contribution in [1.82, 2.24) is 15.1 Å². The number of nitrogens with one attached hydrogen (secondary N) is 1. The van der Waals surface area contributed by atoms with Gasteiger partial charge in [0.1, 0.15) is 6.04 Å². The molecule has 1 aromatic rings. The van der Waals surface area contributed by atoms with Crippen molar-refractivity contribution in [2.45, 2.75) is 51.5 Å². The van der Waals surface area contributed by atoms with Crippen LogP contribution >= 0.6 is 0 Å². The first kappa shape index (κ1) is 19.9. The van der Waals surface area contributed by atoms with Crippen molar-refractivity contribution < 1.29 is 9.59 Å². The smallest absolute Gasteiger partial charge is 0.244 e. The average Bonchev–Trinajstić information content (AvgIpc) is 2.74. The number of carbonyl (C=O) groups is 2. The number of benzene rings is 1. The lowest BCUT2D eigenvalue weighted by Crippen LogP contribution is -2.48. The fraction of sp³-hybridized carbons (Fsp3) is 0.636. The standard InChI is InChI=1S/C22H33N3O2/c1-2-13-23-21(26)19-11-16-24(17-12-19)20(18-9-5-3-6-10-18)22(27)25-14-7-4-8-15-25/h3,5-6,9-10,19-20H,2,4,7-8,11-17H2,1H3,(H,23,26). The monoisotopic (exact) mass is 371 g/mol. The van der Waals surface area contributed by atoms with E-state index in [1.807, 2.05) is 23.1 Å². The molecule has 2 amide bonds. The third-order valence-electron chi connectivity index (χ3n) is 5.83. The van der Waals surface area contributed by atoms with Crippen LogP contribution in [0.1, 0.15) is 57.1 Å². The Balaban J connectivity index is 1.69. The van der Waals surface area contributed by atoms with Crippen LogP contribution in [0.25, 0.3) is 0 Å². The number of hydrogen-bond donors (Lipinski definition) is 1. The lowest BCUT2D eigenvalue weighted by molar-refractivity contribution is -0.139. The van der Waals surface area contributed by atoms with Crippen molar-refractivity contribution in [2.24, 2.45) is 5.92 Å². The largest absolute Gasteiger partial charge is 0.356 e. The van der Waals surface area contributed by atoms with Gasteiger partial charge >= 0.3 is 0 Å². The second-order valence-corrected chi connectivity index (χ2v) is 7.80. The van der Waals surface area contributed by atoms with Crippen molar-refractivity contribution in [3.05, 3.63) is 35.9 Å². The molecule has 2 saturated heterocycles. The molecule has 27 heavy (non-hydrogen) atoms. The number of amides is 2.